The summed E-state index contributed by atoms with van der Waals surface area (Å²) in [5.41, 5.74) is 2.10. The number of benzene rings is 1. The first kappa shape index (κ1) is 18.6. The second kappa shape index (κ2) is 8.50. The van der Waals surface area contributed by atoms with Crippen LogP contribution in [0.3, 0.4) is 0 Å². The number of hydrogen-bond donors (Lipinski definition) is 1. The van der Waals surface area contributed by atoms with E-state index in [2.05, 4.69) is 29.3 Å². The number of ether oxygens (including phenoxy) is 1. The van der Waals surface area contributed by atoms with E-state index >= 15 is 0 Å². The summed E-state index contributed by atoms with van der Waals surface area (Å²) in [4.78, 5) is 21.3. The quantitative estimate of drug-likeness (QED) is 0.847. The fourth-order valence-corrected chi connectivity index (χ4v) is 5.11. The van der Waals surface area contributed by atoms with Gasteiger partial charge in [-0.1, -0.05) is 37.3 Å². The predicted octanol–water partition coefficient (Wildman–Crippen LogP) is 3.95. The Bertz CT molecular complexity index is 771. The summed E-state index contributed by atoms with van der Waals surface area (Å²) in [5.74, 6) is 0.0926. The molecule has 1 unspecified atom stereocenters. The molecule has 6 heteroatoms. The van der Waals surface area contributed by atoms with Gasteiger partial charge in [0.25, 0.3) is 0 Å². The number of rotatable bonds is 5. The molecule has 2 aliphatic rings. The van der Waals surface area contributed by atoms with Gasteiger partial charge < -0.3 is 10.1 Å². The van der Waals surface area contributed by atoms with Crippen molar-refractivity contribution < 1.29 is 9.53 Å². The Hall–Kier alpha value is -1.76. The minimum absolute atomic E-state index is 0.0396. The van der Waals surface area contributed by atoms with Gasteiger partial charge in [0, 0.05) is 29.7 Å². The minimum atomic E-state index is -0.0396. The average molecular weight is 386 g/mol. The van der Waals surface area contributed by atoms with Crippen molar-refractivity contribution in [3.63, 3.8) is 0 Å². The van der Waals surface area contributed by atoms with Crippen LogP contribution >= 0.6 is 11.3 Å². The van der Waals surface area contributed by atoms with E-state index in [1.54, 1.807) is 11.3 Å². The van der Waals surface area contributed by atoms with E-state index in [1.807, 2.05) is 18.2 Å². The van der Waals surface area contributed by atoms with Crippen LogP contribution in [0.1, 0.15) is 37.5 Å². The second-order valence-electron chi connectivity index (χ2n) is 7.24. The van der Waals surface area contributed by atoms with Crippen LogP contribution in [0, 0.1) is 0 Å². The maximum atomic E-state index is 13.0. The summed E-state index contributed by atoms with van der Waals surface area (Å²) < 4.78 is 5.49. The molecule has 1 N–H and O–H groups in total. The summed E-state index contributed by atoms with van der Waals surface area (Å²) in [6.45, 7) is 4.76. The Morgan fingerprint density at radius 1 is 1.26 bits per heavy atom. The minimum Gasteiger partial charge on any atom is -0.381 e. The normalized spacial score (nSPS) is 21.4. The highest BCUT2D eigenvalue weighted by atomic mass is 32.1. The first-order chi connectivity index (χ1) is 13.3. The summed E-state index contributed by atoms with van der Waals surface area (Å²) in [7, 11) is 0. The van der Waals surface area contributed by atoms with Gasteiger partial charge in [0.2, 0.25) is 5.91 Å². The monoisotopic (exact) mass is 385 g/mol. The van der Waals surface area contributed by atoms with Gasteiger partial charge in [-0.25, -0.2) is 4.98 Å². The average Bonchev–Trinajstić information content (AvgIpc) is 3.36. The first-order valence-electron chi connectivity index (χ1n) is 9.95. The molecular formula is C21H27N3O2S. The van der Waals surface area contributed by atoms with Crippen molar-refractivity contribution in [2.24, 2.45) is 0 Å². The number of anilines is 1. The van der Waals surface area contributed by atoms with Crippen molar-refractivity contribution in [3.8, 4) is 11.3 Å². The van der Waals surface area contributed by atoms with E-state index in [0.29, 0.717) is 6.04 Å². The topological polar surface area (TPSA) is 54.5 Å². The summed E-state index contributed by atoms with van der Waals surface area (Å²) in [6, 6.07) is 10.6. The van der Waals surface area contributed by atoms with Crippen LogP contribution < -0.4 is 5.32 Å². The number of thiazole rings is 1. The highest BCUT2D eigenvalue weighted by Gasteiger charge is 2.36. The van der Waals surface area contributed by atoms with Crippen LogP contribution in [0.5, 0.6) is 0 Å². The summed E-state index contributed by atoms with van der Waals surface area (Å²) in [5, 5.41) is 3.83. The fourth-order valence-electron chi connectivity index (χ4n) is 4.18. The molecule has 1 amide bonds. The largest absolute Gasteiger partial charge is 0.381 e. The van der Waals surface area contributed by atoms with E-state index in [0.717, 1.165) is 68.3 Å². The maximum absolute atomic E-state index is 13.0. The number of nitrogens with zero attached hydrogens (tertiary/aromatic N) is 2. The van der Waals surface area contributed by atoms with Gasteiger partial charge in [0.1, 0.15) is 0 Å². The van der Waals surface area contributed by atoms with Crippen LogP contribution in [-0.2, 0) is 16.0 Å². The molecule has 4 rings (SSSR count). The Kier molecular flexibility index (Phi) is 5.86. The smallest absolute Gasteiger partial charge is 0.243 e. The molecule has 2 aromatic rings. The van der Waals surface area contributed by atoms with Gasteiger partial charge in [0.15, 0.2) is 5.13 Å². The molecule has 144 valence electrons. The highest BCUT2D eigenvalue weighted by Crippen LogP contribution is 2.32. The third-order valence-corrected chi connectivity index (χ3v) is 6.67. The van der Waals surface area contributed by atoms with Crippen molar-refractivity contribution >= 4 is 22.4 Å². The van der Waals surface area contributed by atoms with E-state index in [-0.39, 0.29) is 11.9 Å². The van der Waals surface area contributed by atoms with E-state index < -0.39 is 0 Å². The van der Waals surface area contributed by atoms with Crippen LogP contribution in [0.2, 0.25) is 0 Å². The SMILES string of the molecule is CCc1sc(NC(=O)C2CCCN2C2CCOCC2)nc1-c1ccccc1. The molecule has 0 aliphatic carbocycles. The van der Waals surface area contributed by atoms with Gasteiger partial charge in [-0.2, -0.15) is 0 Å². The van der Waals surface area contributed by atoms with Crippen LogP contribution in [0.15, 0.2) is 30.3 Å². The molecule has 5 nitrogen and oxygen atoms in total. The van der Waals surface area contributed by atoms with Crippen molar-refractivity contribution in [2.75, 3.05) is 25.1 Å². The molecule has 1 aromatic heterocycles. The Balaban J connectivity index is 1.48. The highest BCUT2D eigenvalue weighted by molar-refractivity contribution is 7.16. The predicted molar refractivity (Wildman–Crippen MR) is 109 cm³/mol. The molecule has 1 aromatic carbocycles. The van der Waals surface area contributed by atoms with Crippen LogP contribution in [-0.4, -0.2) is 47.6 Å². The lowest BCUT2D eigenvalue weighted by molar-refractivity contribution is -0.121. The number of aromatic nitrogens is 1. The fraction of sp³-hybridized carbons (Fsp3) is 0.524. The number of nitrogens with one attached hydrogen (secondary N) is 1. The molecule has 0 radical (unpaired) electrons. The van der Waals surface area contributed by atoms with Gasteiger partial charge in [-0.05, 0) is 38.6 Å². The van der Waals surface area contributed by atoms with Crippen molar-refractivity contribution in [1.82, 2.24) is 9.88 Å². The Morgan fingerprint density at radius 3 is 2.78 bits per heavy atom. The summed E-state index contributed by atoms with van der Waals surface area (Å²) >= 11 is 1.60. The molecule has 0 bridgehead atoms. The van der Waals surface area contributed by atoms with Crippen molar-refractivity contribution in [2.45, 2.75) is 51.1 Å². The molecule has 0 spiro atoms. The third kappa shape index (κ3) is 4.08. The standard InChI is InChI=1S/C21H27N3O2S/c1-2-18-19(15-7-4-3-5-8-15)22-21(27-18)23-20(25)17-9-6-12-24(17)16-10-13-26-14-11-16/h3-5,7-8,16-17H,2,6,9-14H2,1H3,(H,22,23,25). The zero-order valence-electron chi connectivity index (χ0n) is 15.8. The zero-order chi connectivity index (χ0) is 18.6. The molecule has 2 saturated heterocycles. The zero-order valence-corrected chi connectivity index (χ0v) is 16.6. The molecule has 3 heterocycles. The van der Waals surface area contributed by atoms with Gasteiger partial charge in [0.05, 0.1) is 11.7 Å². The Morgan fingerprint density at radius 2 is 2.04 bits per heavy atom. The molecule has 1 atom stereocenters. The van der Waals surface area contributed by atoms with Crippen molar-refractivity contribution in [1.29, 1.82) is 0 Å². The number of carbonyl (C=O) groups excluding carboxylic acids is 1. The van der Waals surface area contributed by atoms with Crippen LogP contribution in [0.25, 0.3) is 11.3 Å². The molecule has 2 aliphatic heterocycles. The number of aryl methyl sites for hydroxylation is 1. The number of amides is 1. The van der Waals surface area contributed by atoms with Gasteiger partial charge in [-0.3, -0.25) is 9.69 Å². The second-order valence-corrected chi connectivity index (χ2v) is 8.32. The number of likely N-dealkylation sites (tertiary alicyclic amines) is 1. The third-order valence-electron chi connectivity index (χ3n) is 5.55. The summed E-state index contributed by atoms with van der Waals surface area (Å²) in [6.07, 6.45) is 4.98. The molecule has 27 heavy (non-hydrogen) atoms. The van der Waals surface area contributed by atoms with E-state index in [9.17, 15) is 4.79 Å². The molecular weight excluding hydrogens is 358 g/mol. The lowest BCUT2D eigenvalue weighted by atomic mass is 10.1. The van der Waals surface area contributed by atoms with E-state index in [1.165, 1.54) is 4.88 Å². The first-order valence-corrected chi connectivity index (χ1v) is 10.8. The number of carbonyl (C=O) groups is 1. The molecule has 2 fully saturated rings. The van der Waals surface area contributed by atoms with E-state index in [4.69, 9.17) is 9.72 Å². The Labute approximate surface area is 164 Å². The lowest BCUT2D eigenvalue weighted by Gasteiger charge is -2.34. The number of hydrogen-bond acceptors (Lipinski definition) is 5. The van der Waals surface area contributed by atoms with Gasteiger partial charge in [-0.15, -0.1) is 11.3 Å². The molecule has 0 saturated carbocycles. The van der Waals surface area contributed by atoms with Gasteiger partial charge >= 0.3 is 0 Å². The van der Waals surface area contributed by atoms with Crippen LogP contribution in [0.4, 0.5) is 5.13 Å². The lowest BCUT2D eigenvalue weighted by Crippen LogP contribution is -2.47. The van der Waals surface area contributed by atoms with Crippen molar-refractivity contribution in [3.05, 3.63) is 35.2 Å². The maximum Gasteiger partial charge on any atom is 0.243 e.